The van der Waals surface area contributed by atoms with E-state index < -0.39 is 0 Å². The average molecular weight is 249 g/mol. The zero-order valence-electron chi connectivity index (χ0n) is 9.90. The predicted octanol–water partition coefficient (Wildman–Crippen LogP) is 3.01. The van der Waals surface area contributed by atoms with E-state index in [0.29, 0.717) is 11.3 Å². The highest BCUT2D eigenvalue weighted by Gasteiger charge is 2.14. The van der Waals surface area contributed by atoms with Crippen LogP contribution in [-0.4, -0.2) is 11.9 Å². The lowest BCUT2D eigenvalue weighted by Crippen LogP contribution is -2.33. The molecular formula is C13H15NO2S. The lowest BCUT2D eigenvalue weighted by atomic mass is 10.2. The van der Waals surface area contributed by atoms with Crippen LogP contribution in [0.3, 0.4) is 0 Å². The van der Waals surface area contributed by atoms with Gasteiger partial charge in [-0.15, -0.1) is 11.3 Å². The molecule has 4 heteroatoms. The molecule has 2 aromatic rings. The molecule has 1 atom stereocenters. The van der Waals surface area contributed by atoms with Crippen LogP contribution in [0.1, 0.15) is 27.9 Å². The minimum absolute atomic E-state index is 0.0692. The molecule has 2 heterocycles. The topological polar surface area (TPSA) is 42.2 Å². The first-order chi connectivity index (χ1) is 8.16. The van der Waals surface area contributed by atoms with Crippen molar-refractivity contribution in [2.75, 3.05) is 0 Å². The molecule has 0 aliphatic carbocycles. The van der Waals surface area contributed by atoms with Crippen molar-refractivity contribution < 1.29 is 9.21 Å². The number of nitrogens with one attached hydrogen (secondary N) is 1. The Kier molecular flexibility index (Phi) is 3.64. The van der Waals surface area contributed by atoms with E-state index in [9.17, 15) is 4.79 Å². The van der Waals surface area contributed by atoms with Crippen LogP contribution in [0.4, 0.5) is 0 Å². The molecule has 2 aromatic heterocycles. The lowest BCUT2D eigenvalue weighted by Gasteiger charge is -2.12. The molecule has 0 fully saturated rings. The van der Waals surface area contributed by atoms with E-state index in [2.05, 4.69) is 11.4 Å². The van der Waals surface area contributed by atoms with E-state index in [1.165, 1.54) is 11.1 Å². The van der Waals surface area contributed by atoms with Gasteiger partial charge in [0.1, 0.15) is 5.76 Å². The second kappa shape index (κ2) is 5.19. The van der Waals surface area contributed by atoms with Crippen molar-refractivity contribution in [3.8, 4) is 0 Å². The van der Waals surface area contributed by atoms with Gasteiger partial charge in [-0.05, 0) is 31.4 Å². The maximum Gasteiger partial charge on any atom is 0.255 e. The van der Waals surface area contributed by atoms with Crippen LogP contribution in [-0.2, 0) is 6.42 Å². The molecule has 0 spiro atoms. The number of thiophene rings is 1. The third kappa shape index (κ3) is 2.97. The van der Waals surface area contributed by atoms with Gasteiger partial charge < -0.3 is 9.73 Å². The van der Waals surface area contributed by atoms with Crippen molar-refractivity contribution in [1.29, 1.82) is 0 Å². The molecule has 0 radical (unpaired) electrons. The molecule has 3 nitrogen and oxygen atoms in total. The molecule has 0 bridgehead atoms. The SMILES string of the molecule is Cc1occc1C(=O)NC(C)Cc1cccs1. The van der Waals surface area contributed by atoms with Crippen LogP contribution < -0.4 is 5.32 Å². The Morgan fingerprint density at radius 1 is 1.53 bits per heavy atom. The molecule has 0 aromatic carbocycles. The van der Waals surface area contributed by atoms with Crippen molar-refractivity contribution in [3.05, 3.63) is 46.0 Å². The van der Waals surface area contributed by atoms with Gasteiger partial charge in [-0.25, -0.2) is 0 Å². The molecule has 2 rings (SSSR count). The van der Waals surface area contributed by atoms with E-state index in [1.54, 1.807) is 24.3 Å². The Morgan fingerprint density at radius 3 is 2.94 bits per heavy atom. The van der Waals surface area contributed by atoms with Crippen LogP contribution in [0.25, 0.3) is 0 Å². The minimum atomic E-state index is -0.0692. The van der Waals surface area contributed by atoms with Crippen LogP contribution in [0.2, 0.25) is 0 Å². The smallest absolute Gasteiger partial charge is 0.255 e. The standard InChI is InChI=1S/C13H15NO2S/c1-9(8-11-4-3-7-17-11)14-13(15)12-5-6-16-10(12)2/h3-7,9H,8H2,1-2H3,(H,14,15). The Morgan fingerprint density at radius 2 is 2.35 bits per heavy atom. The van der Waals surface area contributed by atoms with Crippen molar-refractivity contribution >= 4 is 17.2 Å². The zero-order valence-corrected chi connectivity index (χ0v) is 10.7. The second-order valence-electron chi connectivity index (χ2n) is 4.05. The fraction of sp³-hybridized carbons (Fsp3) is 0.308. The molecule has 17 heavy (non-hydrogen) atoms. The number of hydrogen-bond acceptors (Lipinski definition) is 3. The molecule has 0 saturated carbocycles. The van der Waals surface area contributed by atoms with Gasteiger partial charge in [0, 0.05) is 17.3 Å². The van der Waals surface area contributed by atoms with Crippen LogP contribution >= 0.6 is 11.3 Å². The molecule has 90 valence electrons. The first-order valence-electron chi connectivity index (χ1n) is 5.54. The highest BCUT2D eigenvalue weighted by Crippen LogP contribution is 2.12. The molecule has 1 N–H and O–H groups in total. The molecule has 1 amide bonds. The number of aryl methyl sites for hydroxylation is 1. The van der Waals surface area contributed by atoms with Gasteiger partial charge in [-0.3, -0.25) is 4.79 Å². The summed E-state index contributed by atoms with van der Waals surface area (Å²) in [5.41, 5.74) is 0.614. The summed E-state index contributed by atoms with van der Waals surface area (Å²) < 4.78 is 5.11. The normalized spacial score (nSPS) is 12.4. The molecule has 0 aliphatic heterocycles. The summed E-state index contributed by atoms with van der Waals surface area (Å²) in [6.45, 7) is 3.80. The Balaban J connectivity index is 1.93. The Bertz CT molecular complexity index is 487. The van der Waals surface area contributed by atoms with Crippen molar-refractivity contribution in [2.24, 2.45) is 0 Å². The largest absolute Gasteiger partial charge is 0.469 e. The van der Waals surface area contributed by atoms with E-state index in [0.717, 1.165) is 6.42 Å². The van der Waals surface area contributed by atoms with E-state index >= 15 is 0 Å². The summed E-state index contributed by atoms with van der Waals surface area (Å²) in [4.78, 5) is 13.2. The quantitative estimate of drug-likeness (QED) is 0.905. The van der Waals surface area contributed by atoms with Crippen molar-refractivity contribution in [2.45, 2.75) is 26.3 Å². The van der Waals surface area contributed by atoms with E-state index in [-0.39, 0.29) is 11.9 Å². The van der Waals surface area contributed by atoms with Gasteiger partial charge in [0.15, 0.2) is 0 Å². The monoisotopic (exact) mass is 249 g/mol. The van der Waals surface area contributed by atoms with Crippen LogP contribution in [0.15, 0.2) is 34.3 Å². The van der Waals surface area contributed by atoms with Crippen molar-refractivity contribution in [3.63, 3.8) is 0 Å². The summed E-state index contributed by atoms with van der Waals surface area (Å²) in [6.07, 6.45) is 2.40. The summed E-state index contributed by atoms with van der Waals surface area (Å²) in [6, 6.07) is 5.92. The number of carbonyl (C=O) groups excluding carboxylic acids is 1. The van der Waals surface area contributed by atoms with Gasteiger partial charge >= 0.3 is 0 Å². The molecule has 1 unspecified atom stereocenters. The predicted molar refractivity (Wildman–Crippen MR) is 68.4 cm³/mol. The zero-order chi connectivity index (χ0) is 12.3. The number of hydrogen-bond donors (Lipinski definition) is 1. The fourth-order valence-electron chi connectivity index (χ4n) is 1.70. The molecular weight excluding hydrogens is 234 g/mol. The van der Waals surface area contributed by atoms with E-state index in [4.69, 9.17) is 4.42 Å². The number of amides is 1. The molecule has 0 aliphatic rings. The fourth-order valence-corrected chi connectivity index (χ4v) is 2.54. The highest BCUT2D eigenvalue weighted by atomic mass is 32.1. The Labute approximate surface area is 104 Å². The van der Waals surface area contributed by atoms with Crippen LogP contribution in [0, 0.1) is 6.92 Å². The highest BCUT2D eigenvalue weighted by molar-refractivity contribution is 7.09. The summed E-state index contributed by atoms with van der Waals surface area (Å²) in [5, 5.41) is 5.01. The number of furan rings is 1. The van der Waals surface area contributed by atoms with E-state index in [1.807, 2.05) is 18.4 Å². The number of carbonyl (C=O) groups is 1. The maximum absolute atomic E-state index is 11.9. The third-order valence-corrected chi connectivity index (χ3v) is 3.47. The van der Waals surface area contributed by atoms with Gasteiger partial charge in [0.2, 0.25) is 0 Å². The van der Waals surface area contributed by atoms with Gasteiger partial charge in [0.25, 0.3) is 5.91 Å². The van der Waals surface area contributed by atoms with Gasteiger partial charge in [-0.2, -0.15) is 0 Å². The first-order valence-corrected chi connectivity index (χ1v) is 6.42. The maximum atomic E-state index is 11.9. The summed E-state index contributed by atoms with van der Waals surface area (Å²) in [5.74, 6) is 0.589. The molecule has 0 saturated heterocycles. The lowest BCUT2D eigenvalue weighted by molar-refractivity contribution is 0.0938. The second-order valence-corrected chi connectivity index (χ2v) is 5.08. The summed E-state index contributed by atoms with van der Waals surface area (Å²) in [7, 11) is 0. The Hall–Kier alpha value is -1.55. The minimum Gasteiger partial charge on any atom is -0.469 e. The third-order valence-electron chi connectivity index (χ3n) is 2.57. The van der Waals surface area contributed by atoms with Gasteiger partial charge in [-0.1, -0.05) is 6.07 Å². The van der Waals surface area contributed by atoms with Crippen LogP contribution in [0.5, 0.6) is 0 Å². The van der Waals surface area contributed by atoms with Crippen molar-refractivity contribution in [1.82, 2.24) is 5.32 Å². The average Bonchev–Trinajstić information content (AvgIpc) is 2.88. The number of rotatable bonds is 4. The van der Waals surface area contributed by atoms with Gasteiger partial charge in [0.05, 0.1) is 11.8 Å². The summed E-state index contributed by atoms with van der Waals surface area (Å²) >= 11 is 1.71. The first kappa shape index (κ1) is 11.9.